The van der Waals surface area contributed by atoms with E-state index in [2.05, 4.69) is 28.4 Å². The number of carbonyl (C=O) groups is 1. The first-order valence-electron chi connectivity index (χ1n) is 8.41. The first kappa shape index (κ1) is 14.6. The fourth-order valence-corrected chi connectivity index (χ4v) is 3.54. The number of hydrogen-bond donors (Lipinski definition) is 1. The molecule has 21 heavy (non-hydrogen) atoms. The topological polar surface area (TPSA) is 32.3 Å². The maximum Gasteiger partial charge on any atom is 0.241 e. The molecule has 114 valence electrons. The van der Waals surface area contributed by atoms with E-state index >= 15 is 0 Å². The van der Waals surface area contributed by atoms with Gasteiger partial charge >= 0.3 is 0 Å². The monoisotopic (exact) mass is 286 g/mol. The highest BCUT2D eigenvalue weighted by molar-refractivity contribution is 5.94. The molecule has 1 fully saturated rings. The fraction of sp³-hybridized carbons (Fsp3) is 0.611. The molecule has 3 heteroatoms. The summed E-state index contributed by atoms with van der Waals surface area (Å²) >= 11 is 0. The van der Waals surface area contributed by atoms with Crippen LogP contribution in [0.3, 0.4) is 0 Å². The van der Waals surface area contributed by atoms with Crippen molar-refractivity contribution in [3.8, 4) is 0 Å². The van der Waals surface area contributed by atoms with Gasteiger partial charge in [0.2, 0.25) is 5.91 Å². The number of fused-ring (bicyclic) bond motifs is 1. The van der Waals surface area contributed by atoms with Crippen LogP contribution in [0.4, 0.5) is 5.69 Å². The molecule has 1 heterocycles. The minimum absolute atomic E-state index is 0.0312. The molecule has 1 N–H and O–H groups in total. The SMILES string of the molecule is C[C@H](C(=O)Nc1ccc2c(c1)CCC2)N1CCCCCC1. The van der Waals surface area contributed by atoms with Crippen LogP contribution in [0.25, 0.3) is 0 Å². The van der Waals surface area contributed by atoms with Crippen molar-refractivity contribution in [2.24, 2.45) is 0 Å². The van der Waals surface area contributed by atoms with Gasteiger partial charge in [-0.1, -0.05) is 18.9 Å². The van der Waals surface area contributed by atoms with Crippen molar-refractivity contribution in [3.05, 3.63) is 29.3 Å². The van der Waals surface area contributed by atoms with Crippen molar-refractivity contribution < 1.29 is 4.79 Å². The summed E-state index contributed by atoms with van der Waals surface area (Å²) in [7, 11) is 0. The summed E-state index contributed by atoms with van der Waals surface area (Å²) in [6.45, 7) is 4.14. The second-order valence-corrected chi connectivity index (χ2v) is 6.45. The van der Waals surface area contributed by atoms with Crippen LogP contribution >= 0.6 is 0 Å². The fourth-order valence-electron chi connectivity index (χ4n) is 3.54. The van der Waals surface area contributed by atoms with E-state index in [1.807, 2.05) is 6.92 Å². The number of aryl methyl sites for hydroxylation is 2. The van der Waals surface area contributed by atoms with Crippen molar-refractivity contribution in [2.75, 3.05) is 18.4 Å². The molecular weight excluding hydrogens is 260 g/mol. The molecular formula is C18H26N2O. The van der Waals surface area contributed by atoms with E-state index in [-0.39, 0.29) is 11.9 Å². The zero-order valence-electron chi connectivity index (χ0n) is 13.0. The van der Waals surface area contributed by atoms with Crippen molar-refractivity contribution >= 4 is 11.6 Å². The molecule has 1 amide bonds. The van der Waals surface area contributed by atoms with Crippen LogP contribution in [0.1, 0.15) is 50.2 Å². The molecule has 2 aliphatic rings. The Morgan fingerprint density at radius 3 is 2.52 bits per heavy atom. The van der Waals surface area contributed by atoms with Gasteiger partial charge in [-0.05, 0) is 75.4 Å². The number of carbonyl (C=O) groups excluding carboxylic acids is 1. The standard InChI is InChI=1S/C18H26N2O/c1-14(20-11-4-2-3-5-12-20)18(21)19-17-10-9-15-7-6-8-16(15)13-17/h9-10,13-14H,2-8,11-12H2,1H3,(H,19,21)/t14-/m1/s1. The van der Waals surface area contributed by atoms with E-state index in [0.29, 0.717) is 0 Å². The van der Waals surface area contributed by atoms with E-state index in [4.69, 9.17) is 0 Å². The number of benzene rings is 1. The van der Waals surface area contributed by atoms with Gasteiger partial charge in [0, 0.05) is 5.69 Å². The van der Waals surface area contributed by atoms with Gasteiger partial charge in [-0.15, -0.1) is 0 Å². The maximum absolute atomic E-state index is 12.5. The lowest BCUT2D eigenvalue weighted by molar-refractivity contribution is -0.120. The summed E-state index contributed by atoms with van der Waals surface area (Å²) in [6, 6.07) is 6.36. The summed E-state index contributed by atoms with van der Waals surface area (Å²) in [5.41, 5.74) is 3.83. The molecule has 0 spiro atoms. The molecule has 0 aromatic heterocycles. The van der Waals surface area contributed by atoms with Crippen LogP contribution in [0, 0.1) is 0 Å². The van der Waals surface area contributed by atoms with Crippen LogP contribution in [0.5, 0.6) is 0 Å². The maximum atomic E-state index is 12.5. The Balaban J connectivity index is 1.62. The van der Waals surface area contributed by atoms with E-state index in [1.54, 1.807) is 0 Å². The quantitative estimate of drug-likeness (QED) is 0.924. The van der Waals surface area contributed by atoms with Crippen LogP contribution in [-0.2, 0) is 17.6 Å². The zero-order valence-corrected chi connectivity index (χ0v) is 13.0. The molecule has 1 aromatic rings. The lowest BCUT2D eigenvalue weighted by atomic mass is 10.1. The highest BCUT2D eigenvalue weighted by Crippen LogP contribution is 2.25. The van der Waals surface area contributed by atoms with Crippen molar-refractivity contribution in [2.45, 2.75) is 57.9 Å². The number of hydrogen-bond acceptors (Lipinski definition) is 2. The van der Waals surface area contributed by atoms with Gasteiger partial charge in [-0.25, -0.2) is 0 Å². The molecule has 3 nitrogen and oxygen atoms in total. The first-order valence-corrected chi connectivity index (χ1v) is 8.41. The minimum Gasteiger partial charge on any atom is -0.325 e. The molecule has 1 atom stereocenters. The minimum atomic E-state index is -0.0312. The Labute approximate surface area is 127 Å². The Morgan fingerprint density at radius 2 is 1.76 bits per heavy atom. The van der Waals surface area contributed by atoms with Crippen LogP contribution in [0.15, 0.2) is 18.2 Å². The lowest BCUT2D eigenvalue weighted by Crippen LogP contribution is -2.42. The summed E-state index contributed by atoms with van der Waals surface area (Å²) in [6.07, 6.45) is 8.63. The van der Waals surface area contributed by atoms with Gasteiger partial charge in [-0.2, -0.15) is 0 Å². The number of likely N-dealkylation sites (tertiary alicyclic amines) is 1. The van der Waals surface area contributed by atoms with E-state index in [9.17, 15) is 4.79 Å². The highest BCUT2D eigenvalue weighted by Gasteiger charge is 2.22. The first-order chi connectivity index (χ1) is 10.2. The summed E-state index contributed by atoms with van der Waals surface area (Å²) in [4.78, 5) is 14.8. The van der Waals surface area contributed by atoms with Crippen LogP contribution < -0.4 is 5.32 Å². The Morgan fingerprint density at radius 1 is 1.05 bits per heavy atom. The predicted octanol–water partition coefficient (Wildman–Crippen LogP) is 3.38. The molecule has 0 saturated carbocycles. The normalized spacial score (nSPS) is 20.6. The van der Waals surface area contributed by atoms with Gasteiger partial charge < -0.3 is 5.32 Å². The Hall–Kier alpha value is -1.35. The van der Waals surface area contributed by atoms with E-state index in [1.165, 1.54) is 49.7 Å². The number of nitrogens with zero attached hydrogens (tertiary/aromatic N) is 1. The van der Waals surface area contributed by atoms with Crippen molar-refractivity contribution in [1.82, 2.24) is 4.90 Å². The van der Waals surface area contributed by atoms with Gasteiger partial charge in [0.15, 0.2) is 0 Å². The third kappa shape index (κ3) is 3.46. The summed E-state index contributed by atoms with van der Waals surface area (Å²) in [5, 5.41) is 3.11. The van der Waals surface area contributed by atoms with Crippen molar-refractivity contribution in [3.63, 3.8) is 0 Å². The van der Waals surface area contributed by atoms with E-state index < -0.39 is 0 Å². The molecule has 1 aliphatic carbocycles. The average Bonchev–Trinajstić information content (AvgIpc) is 2.78. The van der Waals surface area contributed by atoms with Gasteiger partial charge in [0.05, 0.1) is 6.04 Å². The number of amides is 1. The summed E-state index contributed by atoms with van der Waals surface area (Å²) < 4.78 is 0. The molecule has 1 saturated heterocycles. The Kier molecular flexibility index (Phi) is 4.59. The number of anilines is 1. The molecule has 1 aromatic carbocycles. The number of nitrogens with one attached hydrogen (secondary N) is 1. The third-order valence-corrected chi connectivity index (χ3v) is 4.93. The molecule has 0 bridgehead atoms. The molecule has 0 radical (unpaired) electrons. The molecule has 3 rings (SSSR count). The lowest BCUT2D eigenvalue weighted by Gasteiger charge is -2.26. The predicted molar refractivity (Wildman–Crippen MR) is 86.6 cm³/mol. The van der Waals surface area contributed by atoms with Crippen LogP contribution in [0.2, 0.25) is 0 Å². The third-order valence-electron chi connectivity index (χ3n) is 4.93. The largest absolute Gasteiger partial charge is 0.325 e. The second-order valence-electron chi connectivity index (χ2n) is 6.45. The average molecular weight is 286 g/mol. The smallest absolute Gasteiger partial charge is 0.241 e. The molecule has 1 aliphatic heterocycles. The highest BCUT2D eigenvalue weighted by atomic mass is 16.2. The van der Waals surface area contributed by atoms with Gasteiger partial charge in [0.1, 0.15) is 0 Å². The summed E-state index contributed by atoms with van der Waals surface area (Å²) in [5.74, 6) is 0.134. The van der Waals surface area contributed by atoms with Crippen LogP contribution in [-0.4, -0.2) is 29.9 Å². The number of rotatable bonds is 3. The Bertz CT molecular complexity index is 504. The van der Waals surface area contributed by atoms with E-state index in [0.717, 1.165) is 25.2 Å². The van der Waals surface area contributed by atoms with Crippen molar-refractivity contribution in [1.29, 1.82) is 0 Å². The zero-order chi connectivity index (χ0) is 14.7. The van der Waals surface area contributed by atoms with Gasteiger partial charge in [-0.3, -0.25) is 9.69 Å². The molecule has 0 unspecified atom stereocenters. The van der Waals surface area contributed by atoms with Gasteiger partial charge in [0.25, 0.3) is 0 Å². The second kappa shape index (κ2) is 6.61.